The molecule has 24 heavy (non-hydrogen) atoms. The quantitative estimate of drug-likeness (QED) is 0.484. The molecule has 8 heteroatoms. The molecule has 0 amide bonds. The van der Waals surface area contributed by atoms with E-state index < -0.39 is 0 Å². The zero-order valence-corrected chi connectivity index (χ0v) is 13.7. The van der Waals surface area contributed by atoms with Crippen LogP contribution in [0.15, 0.2) is 53.7 Å². The number of benzene rings is 2. The van der Waals surface area contributed by atoms with Crippen molar-refractivity contribution in [2.75, 3.05) is 19.5 Å². The van der Waals surface area contributed by atoms with Crippen LogP contribution >= 0.6 is 11.8 Å². The van der Waals surface area contributed by atoms with Crippen LogP contribution in [0.3, 0.4) is 0 Å². The highest BCUT2D eigenvalue weighted by Crippen LogP contribution is 2.25. The van der Waals surface area contributed by atoms with Crippen molar-refractivity contribution in [3.8, 4) is 17.2 Å². The second-order valence-corrected chi connectivity index (χ2v) is 5.73. The summed E-state index contributed by atoms with van der Waals surface area (Å²) in [5.74, 6) is 1.11. The SMILES string of the molecule is COc1ccccc1-n1nnnc1SCCOc1ccccc1F. The number of rotatable bonds is 7. The average molecular weight is 346 g/mol. The molecule has 0 spiro atoms. The minimum Gasteiger partial charge on any atom is -0.494 e. The van der Waals surface area contributed by atoms with Crippen molar-refractivity contribution in [2.45, 2.75) is 5.16 Å². The van der Waals surface area contributed by atoms with Gasteiger partial charge in [-0.05, 0) is 34.7 Å². The minimum absolute atomic E-state index is 0.238. The Bertz CT molecular complexity index is 812. The Morgan fingerprint density at radius 2 is 1.83 bits per heavy atom. The van der Waals surface area contributed by atoms with Crippen LogP contribution in [0.5, 0.6) is 11.5 Å². The number of aromatic nitrogens is 4. The molecule has 0 aliphatic rings. The van der Waals surface area contributed by atoms with Crippen molar-refractivity contribution in [2.24, 2.45) is 0 Å². The van der Waals surface area contributed by atoms with E-state index in [0.29, 0.717) is 23.3 Å². The number of halogens is 1. The molecule has 0 saturated heterocycles. The lowest BCUT2D eigenvalue weighted by atomic mass is 10.3. The number of tetrazole rings is 1. The third-order valence-electron chi connectivity index (χ3n) is 3.16. The molecule has 2 aromatic carbocycles. The lowest BCUT2D eigenvalue weighted by Gasteiger charge is -2.09. The summed E-state index contributed by atoms with van der Waals surface area (Å²) in [4.78, 5) is 0. The van der Waals surface area contributed by atoms with Crippen LogP contribution < -0.4 is 9.47 Å². The smallest absolute Gasteiger partial charge is 0.214 e. The molecule has 0 bridgehead atoms. The van der Waals surface area contributed by atoms with E-state index in [0.717, 1.165) is 5.69 Å². The summed E-state index contributed by atoms with van der Waals surface area (Å²) in [7, 11) is 1.60. The number of thioether (sulfide) groups is 1. The van der Waals surface area contributed by atoms with Gasteiger partial charge in [-0.15, -0.1) is 5.10 Å². The maximum Gasteiger partial charge on any atom is 0.214 e. The highest BCUT2D eigenvalue weighted by molar-refractivity contribution is 7.99. The zero-order chi connectivity index (χ0) is 16.8. The van der Waals surface area contributed by atoms with Crippen molar-refractivity contribution < 1.29 is 13.9 Å². The summed E-state index contributed by atoms with van der Waals surface area (Å²) in [6.07, 6.45) is 0. The Labute approximate surface area is 142 Å². The topological polar surface area (TPSA) is 62.1 Å². The Hall–Kier alpha value is -2.61. The lowest BCUT2D eigenvalue weighted by Crippen LogP contribution is -2.05. The molecule has 0 saturated carbocycles. The maximum atomic E-state index is 13.5. The van der Waals surface area contributed by atoms with Crippen LogP contribution in [0.2, 0.25) is 0 Å². The number of para-hydroxylation sites is 3. The van der Waals surface area contributed by atoms with E-state index in [1.807, 2.05) is 24.3 Å². The first kappa shape index (κ1) is 16.3. The van der Waals surface area contributed by atoms with E-state index >= 15 is 0 Å². The summed E-state index contributed by atoms with van der Waals surface area (Å²) < 4.78 is 25.8. The van der Waals surface area contributed by atoms with Gasteiger partial charge in [-0.25, -0.2) is 4.39 Å². The molecule has 6 nitrogen and oxygen atoms in total. The number of nitrogens with zero attached hydrogens (tertiary/aromatic N) is 4. The van der Waals surface area contributed by atoms with Crippen LogP contribution in [-0.4, -0.2) is 39.7 Å². The normalized spacial score (nSPS) is 10.6. The van der Waals surface area contributed by atoms with Gasteiger partial charge in [0.1, 0.15) is 11.4 Å². The molecule has 1 heterocycles. The maximum absolute atomic E-state index is 13.5. The molecule has 0 radical (unpaired) electrons. The fourth-order valence-corrected chi connectivity index (χ4v) is 2.77. The Morgan fingerprint density at radius 1 is 1.08 bits per heavy atom. The lowest BCUT2D eigenvalue weighted by molar-refractivity contribution is 0.325. The molecule has 0 aliphatic carbocycles. The van der Waals surface area contributed by atoms with Crippen molar-refractivity contribution in [1.29, 1.82) is 0 Å². The van der Waals surface area contributed by atoms with Gasteiger partial charge in [-0.2, -0.15) is 4.68 Å². The van der Waals surface area contributed by atoms with Crippen molar-refractivity contribution in [1.82, 2.24) is 20.2 Å². The molecule has 1 aromatic heterocycles. The molecule has 124 valence electrons. The van der Waals surface area contributed by atoms with Gasteiger partial charge in [0.25, 0.3) is 0 Å². The van der Waals surface area contributed by atoms with Crippen molar-refractivity contribution in [3.05, 3.63) is 54.3 Å². The fourth-order valence-electron chi connectivity index (χ4n) is 2.07. The Balaban J connectivity index is 1.63. The van der Waals surface area contributed by atoms with Gasteiger partial charge in [0.05, 0.1) is 13.7 Å². The number of ether oxygens (including phenoxy) is 2. The predicted octanol–water partition coefficient (Wildman–Crippen LogP) is 2.98. The molecule has 0 unspecified atom stereocenters. The van der Waals surface area contributed by atoms with Gasteiger partial charge in [0.2, 0.25) is 5.16 Å². The van der Waals surface area contributed by atoms with Crippen molar-refractivity contribution in [3.63, 3.8) is 0 Å². The summed E-state index contributed by atoms with van der Waals surface area (Å²) in [6.45, 7) is 0.338. The van der Waals surface area contributed by atoms with Gasteiger partial charge >= 0.3 is 0 Å². The number of hydrogen-bond acceptors (Lipinski definition) is 6. The van der Waals surface area contributed by atoms with E-state index in [4.69, 9.17) is 9.47 Å². The highest BCUT2D eigenvalue weighted by Gasteiger charge is 2.13. The van der Waals surface area contributed by atoms with Crippen LogP contribution in [-0.2, 0) is 0 Å². The summed E-state index contributed by atoms with van der Waals surface area (Å²) in [5.41, 5.74) is 0.752. The fraction of sp³-hybridized carbons (Fsp3) is 0.188. The Kier molecular flexibility index (Phi) is 5.27. The second kappa shape index (κ2) is 7.78. The number of hydrogen-bond donors (Lipinski definition) is 0. The van der Waals surface area contributed by atoms with Gasteiger partial charge in [-0.3, -0.25) is 0 Å². The predicted molar refractivity (Wildman–Crippen MR) is 88.3 cm³/mol. The van der Waals surface area contributed by atoms with E-state index in [2.05, 4.69) is 15.5 Å². The summed E-state index contributed by atoms with van der Waals surface area (Å²) in [5, 5.41) is 12.3. The first-order chi connectivity index (χ1) is 11.8. The van der Waals surface area contributed by atoms with Crippen molar-refractivity contribution >= 4 is 11.8 Å². The van der Waals surface area contributed by atoms with E-state index in [1.54, 1.807) is 30.0 Å². The van der Waals surface area contributed by atoms with E-state index in [1.165, 1.54) is 17.8 Å². The van der Waals surface area contributed by atoms with E-state index in [-0.39, 0.29) is 11.6 Å². The molecule has 0 N–H and O–H groups in total. The zero-order valence-electron chi connectivity index (χ0n) is 12.9. The molecular formula is C16H15FN4O2S. The largest absolute Gasteiger partial charge is 0.494 e. The minimum atomic E-state index is -0.374. The summed E-state index contributed by atoms with van der Waals surface area (Å²) >= 11 is 1.42. The molecule has 0 fully saturated rings. The van der Waals surface area contributed by atoms with Gasteiger partial charge in [-0.1, -0.05) is 36.0 Å². The molecule has 3 aromatic rings. The van der Waals surface area contributed by atoms with Gasteiger partial charge in [0.15, 0.2) is 11.6 Å². The third-order valence-corrected chi connectivity index (χ3v) is 4.05. The van der Waals surface area contributed by atoms with Crippen LogP contribution in [0, 0.1) is 5.82 Å². The molecule has 3 rings (SSSR count). The standard InChI is InChI=1S/C16H15FN4O2S/c1-22-15-9-5-3-7-13(15)21-16(18-19-20-21)24-11-10-23-14-8-4-2-6-12(14)17/h2-9H,10-11H2,1H3. The first-order valence-corrected chi connectivity index (χ1v) is 8.20. The second-order valence-electron chi connectivity index (χ2n) is 4.67. The highest BCUT2D eigenvalue weighted by atomic mass is 32.2. The first-order valence-electron chi connectivity index (χ1n) is 7.21. The molecule has 0 aliphatic heterocycles. The average Bonchev–Trinajstić information content (AvgIpc) is 3.08. The van der Waals surface area contributed by atoms with Crippen LogP contribution in [0.1, 0.15) is 0 Å². The van der Waals surface area contributed by atoms with Gasteiger partial charge in [0, 0.05) is 5.75 Å². The van der Waals surface area contributed by atoms with Crippen LogP contribution in [0.4, 0.5) is 4.39 Å². The molecule has 0 atom stereocenters. The van der Waals surface area contributed by atoms with Gasteiger partial charge < -0.3 is 9.47 Å². The molecular weight excluding hydrogens is 331 g/mol. The van der Waals surface area contributed by atoms with E-state index in [9.17, 15) is 4.39 Å². The number of methoxy groups -OCH3 is 1. The monoisotopic (exact) mass is 346 g/mol. The summed E-state index contributed by atoms with van der Waals surface area (Å²) in [6, 6.07) is 13.8. The van der Waals surface area contributed by atoms with Crippen LogP contribution in [0.25, 0.3) is 5.69 Å². The Morgan fingerprint density at radius 3 is 2.62 bits per heavy atom. The third kappa shape index (κ3) is 3.65.